The minimum absolute atomic E-state index is 0.121. The highest BCUT2D eigenvalue weighted by molar-refractivity contribution is 9.10. The molecule has 0 radical (unpaired) electrons. The van der Waals surface area contributed by atoms with E-state index in [9.17, 15) is 4.79 Å². The summed E-state index contributed by atoms with van der Waals surface area (Å²) < 4.78 is 0.697. The molecule has 0 fully saturated rings. The molecule has 19 heavy (non-hydrogen) atoms. The lowest BCUT2D eigenvalue weighted by atomic mass is 10.1. The summed E-state index contributed by atoms with van der Waals surface area (Å²) in [6.07, 6.45) is 2.44. The van der Waals surface area contributed by atoms with Crippen LogP contribution in [0.3, 0.4) is 0 Å². The Morgan fingerprint density at radius 2 is 2.16 bits per heavy atom. The van der Waals surface area contributed by atoms with Crippen molar-refractivity contribution in [1.82, 2.24) is 4.98 Å². The van der Waals surface area contributed by atoms with Gasteiger partial charge in [-0.25, -0.2) is 4.98 Å². The number of nitrogens with zero attached hydrogens (tertiary/aromatic N) is 2. The van der Waals surface area contributed by atoms with Crippen molar-refractivity contribution in [2.24, 2.45) is 0 Å². The van der Waals surface area contributed by atoms with Crippen molar-refractivity contribution >= 4 is 33.2 Å². The van der Waals surface area contributed by atoms with Gasteiger partial charge in [-0.3, -0.25) is 4.79 Å². The third kappa shape index (κ3) is 2.00. The molecule has 3 rings (SSSR count). The molecule has 0 saturated carbocycles. The molecule has 0 atom stereocenters. The highest BCUT2D eigenvalue weighted by atomic mass is 79.9. The Morgan fingerprint density at radius 1 is 1.32 bits per heavy atom. The van der Waals surface area contributed by atoms with Gasteiger partial charge in [0.15, 0.2) is 0 Å². The average Bonchev–Trinajstić information content (AvgIpc) is 2.84. The second-order valence-corrected chi connectivity index (χ2v) is 5.25. The Labute approximate surface area is 119 Å². The Kier molecular flexibility index (Phi) is 2.98. The van der Waals surface area contributed by atoms with E-state index in [1.807, 2.05) is 24.3 Å². The number of para-hydroxylation sites is 1. The summed E-state index contributed by atoms with van der Waals surface area (Å²) in [5, 5.41) is 0. The van der Waals surface area contributed by atoms with Crippen LogP contribution < -0.4 is 10.6 Å². The molecule has 5 heteroatoms. The van der Waals surface area contributed by atoms with E-state index in [4.69, 9.17) is 5.73 Å². The average molecular weight is 318 g/mol. The maximum absolute atomic E-state index is 12.6. The fourth-order valence-electron chi connectivity index (χ4n) is 2.36. The van der Waals surface area contributed by atoms with Crippen molar-refractivity contribution in [2.45, 2.75) is 6.42 Å². The van der Waals surface area contributed by atoms with Crippen LogP contribution in [-0.2, 0) is 6.42 Å². The Morgan fingerprint density at radius 3 is 2.95 bits per heavy atom. The van der Waals surface area contributed by atoms with Gasteiger partial charge in [0.05, 0.1) is 11.4 Å². The minimum atomic E-state index is -0.121. The summed E-state index contributed by atoms with van der Waals surface area (Å²) >= 11 is 3.36. The standard InChI is InChI=1S/C14H12BrN3O/c15-10-4-2-7-17-12(10)14(19)18-8-6-9-3-1-5-11(16)13(9)18/h1-5,7H,6,8,16H2. The normalized spacial score (nSPS) is 13.4. The molecule has 0 spiro atoms. The van der Waals surface area contributed by atoms with Gasteiger partial charge in [-0.15, -0.1) is 0 Å². The van der Waals surface area contributed by atoms with Crippen LogP contribution in [0.5, 0.6) is 0 Å². The molecule has 0 unspecified atom stereocenters. The zero-order valence-electron chi connectivity index (χ0n) is 10.1. The third-order valence-electron chi connectivity index (χ3n) is 3.23. The number of fused-ring (bicyclic) bond motifs is 1. The summed E-state index contributed by atoms with van der Waals surface area (Å²) in [7, 11) is 0. The van der Waals surface area contributed by atoms with Crippen LogP contribution in [0.2, 0.25) is 0 Å². The third-order valence-corrected chi connectivity index (χ3v) is 3.87. The molecular weight excluding hydrogens is 306 g/mol. The van der Waals surface area contributed by atoms with E-state index >= 15 is 0 Å². The number of amides is 1. The van der Waals surface area contributed by atoms with Crippen molar-refractivity contribution in [1.29, 1.82) is 0 Å². The Bertz CT molecular complexity index is 657. The van der Waals surface area contributed by atoms with E-state index in [-0.39, 0.29) is 5.91 Å². The molecule has 2 aromatic rings. The molecular formula is C14H12BrN3O. The van der Waals surface area contributed by atoms with Gasteiger partial charge in [0.1, 0.15) is 5.69 Å². The molecule has 96 valence electrons. The lowest BCUT2D eigenvalue weighted by Crippen LogP contribution is -2.30. The second-order valence-electron chi connectivity index (χ2n) is 4.40. The number of hydrogen-bond donors (Lipinski definition) is 1. The van der Waals surface area contributed by atoms with Gasteiger partial charge in [0, 0.05) is 17.2 Å². The Hall–Kier alpha value is -1.88. The molecule has 4 nitrogen and oxygen atoms in total. The maximum atomic E-state index is 12.6. The van der Waals surface area contributed by atoms with E-state index in [0.29, 0.717) is 22.4 Å². The molecule has 2 N–H and O–H groups in total. The fourth-order valence-corrected chi connectivity index (χ4v) is 2.78. The zero-order chi connectivity index (χ0) is 13.4. The van der Waals surface area contributed by atoms with Crippen LogP contribution >= 0.6 is 15.9 Å². The lowest BCUT2D eigenvalue weighted by molar-refractivity contribution is 0.0984. The SMILES string of the molecule is Nc1cccc2c1N(C(=O)c1ncccc1Br)CC2. The molecule has 2 heterocycles. The van der Waals surface area contributed by atoms with Crippen LogP contribution in [-0.4, -0.2) is 17.4 Å². The highest BCUT2D eigenvalue weighted by Crippen LogP contribution is 2.34. The van der Waals surface area contributed by atoms with Crippen molar-refractivity contribution < 1.29 is 4.79 Å². The number of halogens is 1. The van der Waals surface area contributed by atoms with Gasteiger partial charge >= 0.3 is 0 Å². The largest absolute Gasteiger partial charge is 0.397 e. The minimum Gasteiger partial charge on any atom is -0.397 e. The number of carbonyl (C=O) groups is 1. The quantitative estimate of drug-likeness (QED) is 0.822. The maximum Gasteiger partial charge on any atom is 0.278 e. The second kappa shape index (κ2) is 4.66. The van der Waals surface area contributed by atoms with Gasteiger partial charge in [-0.2, -0.15) is 0 Å². The molecule has 0 bridgehead atoms. The lowest BCUT2D eigenvalue weighted by Gasteiger charge is -2.19. The first-order valence-corrected chi connectivity index (χ1v) is 6.77. The number of benzene rings is 1. The van der Waals surface area contributed by atoms with Gasteiger partial charge in [0.2, 0.25) is 0 Å². The van der Waals surface area contributed by atoms with Gasteiger partial charge in [-0.05, 0) is 46.1 Å². The fraction of sp³-hybridized carbons (Fsp3) is 0.143. The summed E-state index contributed by atoms with van der Waals surface area (Å²) in [5.41, 5.74) is 8.98. The van der Waals surface area contributed by atoms with Gasteiger partial charge in [-0.1, -0.05) is 12.1 Å². The van der Waals surface area contributed by atoms with E-state index < -0.39 is 0 Å². The summed E-state index contributed by atoms with van der Waals surface area (Å²) in [4.78, 5) is 18.4. The van der Waals surface area contributed by atoms with Gasteiger partial charge in [0.25, 0.3) is 5.91 Å². The number of anilines is 2. The van der Waals surface area contributed by atoms with Crippen LogP contribution in [0.15, 0.2) is 41.0 Å². The van der Waals surface area contributed by atoms with E-state index in [1.54, 1.807) is 17.2 Å². The predicted molar refractivity (Wildman–Crippen MR) is 78.2 cm³/mol. The molecule has 1 aliphatic heterocycles. The first kappa shape index (κ1) is 12.2. The van der Waals surface area contributed by atoms with Crippen molar-refractivity contribution in [2.75, 3.05) is 17.2 Å². The van der Waals surface area contributed by atoms with Crippen LogP contribution in [0.4, 0.5) is 11.4 Å². The number of carbonyl (C=O) groups excluding carboxylic acids is 1. The van der Waals surface area contributed by atoms with E-state index in [1.165, 1.54) is 0 Å². The number of aromatic nitrogens is 1. The highest BCUT2D eigenvalue weighted by Gasteiger charge is 2.28. The number of pyridine rings is 1. The van der Waals surface area contributed by atoms with Gasteiger partial charge < -0.3 is 10.6 Å². The van der Waals surface area contributed by atoms with Crippen LogP contribution in [0.25, 0.3) is 0 Å². The molecule has 0 aliphatic carbocycles. The molecule has 1 amide bonds. The molecule has 0 saturated heterocycles. The van der Waals surface area contributed by atoms with E-state index in [2.05, 4.69) is 20.9 Å². The monoisotopic (exact) mass is 317 g/mol. The topological polar surface area (TPSA) is 59.2 Å². The summed E-state index contributed by atoms with van der Waals surface area (Å²) in [6, 6.07) is 9.34. The smallest absolute Gasteiger partial charge is 0.278 e. The molecule has 1 aliphatic rings. The summed E-state index contributed by atoms with van der Waals surface area (Å²) in [5.74, 6) is -0.121. The number of hydrogen-bond acceptors (Lipinski definition) is 3. The van der Waals surface area contributed by atoms with Crippen LogP contribution in [0.1, 0.15) is 16.1 Å². The first-order chi connectivity index (χ1) is 9.18. The zero-order valence-corrected chi connectivity index (χ0v) is 11.7. The number of rotatable bonds is 1. The van der Waals surface area contributed by atoms with Crippen molar-refractivity contribution in [3.05, 3.63) is 52.3 Å². The molecule has 1 aromatic heterocycles. The number of nitrogen functional groups attached to an aromatic ring is 1. The van der Waals surface area contributed by atoms with Crippen LogP contribution in [0, 0.1) is 0 Å². The van der Waals surface area contributed by atoms with E-state index in [0.717, 1.165) is 17.7 Å². The Balaban J connectivity index is 2.03. The van der Waals surface area contributed by atoms with Crippen molar-refractivity contribution in [3.8, 4) is 0 Å². The van der Waals surface area contributed by atoms with Crippen molar-refractivity contribution in [3.63, 3.8) is 0 Å². The summed E-state index contributed by atoms with van der Waals surface area (Å²) in [6.45, 7) is 0.644. The number of nitrogens with two attached hydrogens (primary N) is 1. The predicted octanol–water partition coefficient (Wildman–Crippen LogP) is 2.63. The molecule has 1 aromatic carbocycles. The first-order valence-electron chi connectivity index (χ1n) is 5.98.